The Morgan fingerprint density at radius 2 is 1.76 bits per heavy atom. The maximum atomic E-state index is 6.17. The number of aromatic nitrogens is 3. The number of hydrogen-bond acceptors (Lipinski definition) is 4. The highest BCUT2D eigenvalue weighted by atomic mass is 15.1. The maximum absolute atomic E-state index is 6.17. The highest BCUT2D eigenvalue weighted by Crippen LogP contribution is 2.34. The van der Waals surface area contributed by atoms with Crippen LogP contribution in [0.3, 0.4) is 0 Å². The van der Waals surface area contributed by atoms with Crippen LogP contribution in [0.1, 0.15) is 42.9 Å². The lowest BCUT2D eigenvalue weighted by molar-refractivity contribution is 0.329. The van der Waals surface area contributed by atoms with Gasteiger partial charge in [0.25, 0.3) is 0 Å². The van der Waals surface area contributed by atoms with Crippen molar-refractivity contribution in [1.29, 1.82) is 0 Å². The van der Waals surface area contributed by atoms with Gasteiger partial charge in [-0.05, 0) is 31.2 Å². The molecule has 0 aliphatic heterocycles. The van der Waals surface area contributed by atoms with E-state index in [0.717, 1.165) is 47.8 Å². The monoisotopic (exact) mass is 333 g/mol. The molecule has 5 nitrogen and oxygen atoms in total. The number of anilines is 1. The van der Waals surface area contributed by atoms with Crippen molar-refractivity contribution < 1.29 is 0 Å². The molecule has 25 heavy (non-hydrogen) atoms. The standard InChI is InChI=1S/C20H23N5/c21-16-8-10-17(11-9-16)25-12-15(7-6-14-4-2-1-3-5-14)18-19(22)23-13-24-20(18)25/h1-7,12-13,16-17H,8-11,21H2,(H2,22,23,24)/b7-6+. The number of benzene rings is 1. The third-order valence-electron chi connectivity index (χ3n) is 5.06. The van der Waals surface area contributed by atoms with Gasteiger partial charge in [-0.1, -0.05) is 42.5 Å². The number of rotatable bonds is 3. The number of nitrogen functional groups attached to an aromatic ring is 1. The Balaban J connectivity index is 1.75. The quantitative estimate of drug-likeness (QED) is 0.767. The van der Waals surface area contributed by atoms with Gasteiger partial charge in [-0.15, -0.1) is 0 Å². The van der Waals surface area contributed by atoms with Crippen molar-refractivity contribution in [2.45, 2.75) is 37.8 Å². The first-order chi connectivity index (χ1) is 12.2. The lowest BCUT2D eigenvalue weighted by Crippen LogP contribution is -2.27. The van der Waals surface area contributed by atoms with Gasteiger partial charge in [0.05, 0.1) is 5.39 Å². The van der Waals surface area contributed by atoms with E-state index in [1.54, 1.807) is 6.33 Å². The van der Waals surface area contributed by atoms with Crippen LogP contribution >= 0.6 is 0 Å². The van der Waals surface area contributed by atoms with Crippen LogP contribution in [0.4, 0.5) is 5.82 Å². The van der Waals surface area contributed by atoms with E-state index in [0.29, 0.717) is 17.9 Å². The fourth-order valence-corrected chi connectivity index (χ4v) is 3.67. The largest absolute Gasteiger partial charge is 0.383 e. The van der Waals surface area contributed by atoms with Crippen LogP contribution in [0, 0.1) is 0 Å². The van der Waals surface area contributed by atoms with E-state index in [-0.39, 0.29) is 0 Å². The summed E-state index contributed by atoms with van der Waals surface area (Å²) in [6, 6.07) is 11.0. The second-order valence-corrected chi connectivity index (χ2v) is 6.76. The fourth-order valence-electron chi connectivity index (χ4n) is 3.67. The lowest BCUT2D eigenvalue weighted by Gasteiger charge is -2.27. The molecule has 0 atom stereocenters. The van der Waals surface area contributed by atoms with Gasteiger partial charge >= 0.3 is 0 Å². The second kappa shape index (κ2) is 6.69. The SMILES string of the molecule is Nc1ncnc2c1c(/C=C/c1ccccc1)cn2C1CCC(N)CC1. The van der Waals surface area contributed by atoms with Gasteiger partial charge in [-0.25, -0.2) is 9.97 Å². The first kappa shape index (κ1) is 15.8. The summed E-state index contributed by atoms with van der Waals surface area (Å²) >= 11 is 0. The summed E-state index contributed by atoms with van der Waals surface area (Å²) in [5, 5.41) is 0.935. The van der Waals surface area contributed by atoms with Gasteiger partial charge in [0.2, 0.25) is 0 Å². The first-order valence-corrected chi connectivity index (χ1v) is 8.82. The molecule has 0 amide bonds. The van der Waals surface area contributed by atoms with E-state index in [4.69, 9.17) is 11.5 Å². The first-order valence-electron chi connectivity index (χ1n) is 8.82. The zero-order chi connectivity index (χ0) is 17.2. The van der Waals surface area contributed by atoms with Crippen molar-refractivity contribution in [3.63, 3.8) is 0 Å². The molecule has 5 heteroatoms. The average Bonchev–Trinajstić information content (AvgIpc) is 3.02. The topological polar surface area (TPSA) is 82.8 Å². The van der Waals surface area contributed by atoms with E-state index in [2.05, 4.69) is 45.0 Å². The molecular formula is C20H23N5. The predicted octanol–water partition coefficient (Wildman–Crippen LogP) is 3.63. The van der Waals surface area contributed by atoms with Crippen LogP contribution in [0.5, 0.6) is 0 Å². The van der Waals surface area contributed by atoms with Gasteiger partial charge in [0.1, 0.15) is 17.8 Å². The number of fused-ring (bicyclic) bond motifs is 1. The van der Waals surface area contributed by atoms with Crippen LogP contribution in [0.15, 0.2) is 42.9 Å². The Labute approximate surface area is 147 Å². The summed E-state index contributed by atoms with van der Waals surface area (Å²) in [5.41, 5.74) is 15.4. The third-order valence-corrected chi connectivity index (χ3v) is 5.06. The van der Waals surface area contributed by atoms with Crippen LogP contribution < -0.4 is 11.5 Å². The normalized spacial score (nSPS) is 21.2. The minimum absolute atomic E-state index is 0.329. The average molecular weight is 333 g/mol. The maximum Gasteiger partial charge on any atom is 0.146 e. The molecule has 1 saturated carbocycles. The smallest absolute Gasteiger partial charge is 0.146 e. The van der Waals surface area contributed by atoms with Crippen molar-refractivity contribution >= 4 is 29.0 Å². The minimum atomic E-state index is 0.329. The Morgan fingerprint density at radius 1 is 1.00 bits per heavy atom. The van der Waals surface area contributed by atoms with Gasteiger partial charge in [0.15, 0.2) is 0 Å². The number of nitrogens with two attached hydrogens (primary N) is 2. The molecule has 0 unspecified atom stereocenters. The Morgan fingerprint density at radius 3 is 2.52 bits per heavy atom. The number of hydrogen-bond donors (Lipinski definition) is 2. The summed E-state index contributed by atoms with van der Waals surface area (Å²) in [6.45, 7) is 0. The van der Waals surface area contributed by atoms with Gasteiger partial charge < -0.3 is 16.0 Å². The Kier molecular flexibility index (Phi) is 4.24. The lowest BCUT2D eigenvalue weighted by atomic mass is 9.92. The Hall–Kier alpha value is -2.66. The molecule has 4 N–H and O–H groups in total. The predicted molar refractivity (Wildman–Crippen MR) is 103 cm³/mol. The zero-order valence-electron chi connectivity index (χ0n) is 14.2. The molecule has 0 saturated heterocycles. The van der Waals surface area contributed by atoms with Crippen molar-refractivity contribution in [2.24, 2.45) is 5.73 Å². The van der Waals surface area contributed by atoms with E-state index < -0.39 is 0 Å². The van der Waals surface area contributed by atoms with E-state index >= 15 is 0 Å². The van der Waals surface area contributed by atoms with E-state index in [9.17, 15) is 0 Å². The summed E-state index contributed by atoms with van der Waals surface area (Å²) in [7, 11) is 0. The van der Waals surface area contributed by atoms with Crippen molar-refractivity contribution in [2.75, 3.05) is 5.73 Å². The molecule has 0 bridgehead atoms. The zero-order valence-corrected chi connectivity index (χ0v) is 14.2. The summed E-state index contributed by atoms with van der Waals surface area (Å²) in [5.74, 6) is 0.531. The number of nitrogens with zero attached hydrogens (tertiary/aromatic N) is 3. The summed E-state index contributed by atoms with van der Waals surface area (Å²) < 4.78 is 2.27. The molecular weight excluding hydrogens is 310 g/mol. The van der Waals surface area contributed by atoms with E-state index in [1.807, 2.05) is 18.2 Å². The molecule has 4 rings (SSSR count). The van der Waals surface area contributed by atoms with Crippen molar-refractivity contribution in [1.82, 2.24) is 14.5 Å². The van der Waals surface area contributed by atoms with Crippen LogP contribution in [-0.2, 0) is 0 Å². The van der Waals surface area contributed by atoms with Crippen LogP contribution in [0.2, 0.25) is 0 Å². The molecule has 1 aliphatic carbocycles. The van der Waals surface area contributed by atoms with Crippen molar-refractivity contribution in [3.8, 4) is 0 Å². The molecule has 128 valence electrons. The molecule has 2 aromatic heterocycles. The molecule has 2 heterocycles. The second-order valence-electron chi connectivity index (χ2n) is 6.76. The van der Waals surface area contributed by atoms with E-state index in [1.165, 1.54) is 0 Å². The van der Waals surface area contributed by atoms with Crippen LogP contribution in [0.25, 0.3) is 23.2 Å². The highest BCUT2D eigenvalue weighted by Gasteiger charge is 2.23. The van der Waals surface area contributed by atoms with Gasteiger partial charge in [0, 0.05) is 23.8 Å². The van der Waals surface area contributed by atoms with Gasteiger partial charge in [-0.2, -0.15) is 0 Å². The highest BCUT2D eigenvalue weighted by molar-refractivity contribution is 5.96. The molecule has 1 aromatic carbocycles. The molecule has 1 aliphatic rings. The summed E-state index contributed by atoms with van der Waals surface area (Å²) in [4.78, 5) is 8.71. The minimum Gasteiger partial charge on any atom is -0.383 e. The molecule has 3 aromatic rings. The van der Waals surface area contributed by atoms with Gasteiger partial charge in [-0.3, -0.25) is 0 Å². The van der Waals surface area contributed by atoms with Crippen LogP contribution in [-0.4, -0.2) is 20.6 Å². The fraction of sp³-hybridized carbons (Fsp3) is 0.300. The third kappa shape index (κ3) is 3.15. The summed E-state index contributed by atoms with van der Waals surface area (Å²) in [6.07, 6.45) is 12.2. The Bertz CT molecular complexity index is 889. The van der Waals surface area contributed by atoms with Crippen molar-refractivity contribution in [3.05, 3.63) is 54.0 Å². The molecule has 0 spiro atoms. The molecule has 0 radical (unpaired) electrons. The molecule has 1 fully saturated rings.